The molecular weight excluding hydrogens is 426 g/mol. The molecule has 0 saturated heterocycles. The maximum Gasteiger partial charge on any atom is 0.261 e. The molecule has 0 aliphatic carbocycles. The van der Waals surface area contributed by atoms with Crippen LogP contribution in [0.25, 0.3) is 17.2 Å². The number of carbonyl (C=O) groups is 3. The van der Waals surface area contributed by atoms with Crippen LogP contribution < -0.4 is 15.8 Å². The van der Waals surface area contributed by atoms with Crippen molar-refractivity contribution in [1.82, 2.24) is 10.7 Å². The average molecular weight is 454 g/mol. The van der Waals surface area contributed by atoms with Gasteiger partial charge in [0.1, 0.15) is 6.04 Å². The molecule has 3 amide bonds. The van der Waals surface area contributed by atoms with Gasteiger partial charge in [0.15, 0.2) is 0 Å². The Hall–Kier alpha value is -4.19. The summed E-state index contributed by atoms with van der Waals surface area (Å²) in [4.78, 5) is 38.6. The number of para-hydroxylation sites is 1. The van der Waals surface area contributed by atoms with Crippen LogP contribution in [0.15, 0.2) is 84.9 Å². The molecule has 1 aliphatic heterocycles. The molecule has 0 radical (unpaired) electrons. The summed E-state index contributed by atoms with van der Waals surface area (Å²) >= 11 is 0. The van der Waals surface area contributed by atoms with Gasteiger partial charge < -0.3 is 5.32 Å². The molecule has 0 aromatic heterocycles. The second kappa shape index (κ2) is 10.2. The lowest BCUT2D eigenvalue weighted by molar-refractivity contribution is -0.130. The Morgan fingerprint density at radius 1 is 0.941 bits per heavy atom. The zero-order valence-electron chi connectivity index (χ0n) is 19.2. The summed E-state index contributed by atoms with van der Waals surface area (Å²) in [6.45, 7) is 3.43. The number of hydrogen-bond acceptors (Lipinski definition) is 3. The van der Waals surface area contributed by atoms with Crippen molar-refractivity contribution in [1.29, 1.82) is 0 Å². The molecule has 0 spiro atoms. The van der Waals surface area contributed by atoms with Crippen molar-refractivity contribution >= 4 is 29.5 Å². The number of fused-ring (bicyclic) bond motifs is 3. The second-order valence-corrected chi connectivity index (χ2v) is 8.28. The quantitative estimate of drug-likeness (QED) is 0.579. The highest BCUT2D eigenvalue weighted by Crippen LogP contribution is 2.39. The Bertz CT molecular complexity index is 1240. The number of rotatable bonds is 6. The summed E-state index contributed by atoms with van der Waals surface area (Å²) in [6.07, 6.45) is 3.75. The van der Waals surface area contributed by atoms with Crippen LogP contribution in [0.3, 0.4) is 0 Å². The average Bonchev–Trinajstić information content (AvgIpc) is 2.94. The third kappa shape index (κ3) is 4.91. The van der Waals surface area contributed by atoms with E-state index in [1.165, 1.54) is 5.01 Å². The van der Waals surface area contributed by atoms with Crippen molar-refractivity contribution < 1.29 is 14.4 Å². The van der Waals surface area contributed by atoms with E-state index in [4.69, 9.17) is 0 Å². The maximum absolute atomic E-state index is 13.3. The fourth-order valence-electron chi connectivity index (χ4n) is 4.02. The number of hydrazine groups is 1. The van der Waals surface area contributed by atoms with Gasteiger partial charge in [0.05, 0.1) is 11.6 Å². The Kier molecular flexibility index (Phi) is 6.87. The maximum atomic E-state index is 13.3. The fourth-order valence-corrected chi connectivity index (χ4v) is 4.02. The van der Waals surface area contributed by atoms with Gasteiger partial charge >= 0.3 is 0 Å². The van der Waals surface area contributed by atoms with E-state index in [1.807, 2.05) is 85.8 Å². The minimum Gasteiger partial charge on any atom is -0.344 e. The monoisotopic (exact) mass is 453 g/mol. The van der Waals surface area contributed by atoms with Crippen molar-refractivity contribution in [3.05, 3.63) is 96.1 Å². The second-order valence-electron chi connectivity index (χ2n) is 8.28. The van der Waals surface area contributed by atoms with Crippen molar-refractivity contribution in [2.24, 2.45) is 0 Å². The standard InChI is InChI=1S/C28H27N3O3/c1-19-22-14-6-7-15-23(22)24-16-8-9-17-25(24)31(28(19)34)30-27(33)20(2)29-26(32)18-10-13-21-11-4-3-5-12-21/h3-17,19-20H,18H2,1-2H3,(H,29,32)(H,30,33)/b13-10+/t19?,20-/m0/s1. The largest absolute Gasteiger partial charge is 0.344 e. The molecule has 1 aliphatic rings. The molecule has 6 nitrogen and oxygen atoms in total. The third-order valence-corrected chi connectivity index (χ3v) is 5.86. The van der Waals surface area contributed by atoms with Crippen LogP contribution in [0, 0.1) is 0 Å². The van der Waals surface area contributed by atoms with Crippen molar-refractivity contribution in [2.75, 3.05) is 5.01 Å². The molecule has 0 bridgehead atoms. The van der Waals surface area contributed by atoms with Gasteiger partial charge in [0.25, 0.3) is 11.8 Å². The summed E-state index contributed by atoms with van der Waals surface area (Å²) in [5.74, 6) is -1.44. The first-order valence-corrected chi connectivity index (χ1v) is 11.3. The molecule has 2 atom stereocenters. The van der Waals surface area contributed by atoms with E-state index in [0.717, 1.165) is 22.3 Å². The number of anilines is 1. The zero-order valence-corrected chi connectivity index (χ0v) is 19.2. The first-order chi connectivity index (χ1) is 16.5. The summed E-state index contributed by atoms with van der Waals surface area (Å²) in [7, 11) is 0. The Labute approximate surface area is 199 Å². The van der Waals surface area contributed by atoms with E-state index in [2.05, 4.69) is 10.7 Å². The van der Waals surface area contributed by atoms with Crippen molar-refractivity contribution in [3.8, 4) is 11.1 Å². The van der Waals surface area contributed by atoms with E-state index in [-0.39, 0.29) is 18.2 Å². The van der Waals surface area contributed by atoms with E-state index < -0.39 is 17.9 Å². The number of hydrogen-bond donors (Lipinski definition) is 2. The molecule has 6 heteroatoms. The highest BCUT2D eigenvalue weighted by atomic mass is 16.2. The number of benzene rings is 3. The fraction of sp³-hybridized carbons (Fsp3) is 0.179. The van der Waals surface area contributed by atoms with Gasteiger partial charge in [-0.05, 0) is 36.6 Å². The SMILES string of the molecule is CC1C(=O)N(NC(=O)[C@H](C)NC(=O)C/C=C/c2ccccc2)c2ccccc2-c2ccccc21. The Morgan fingerprint density at radius 2 is 1.59 bits per heavy atom. The molecular formula is C28H27N3O3. The van der Waals surface area contributed by atoms with Gasteiger partial charge in [-0.15, -0.1) is 0 Å². The predicted molar refractivity (Wildman–Crippen MR) is 134 cm³/mol. The molecule has 4 rings (SSSR count). The Morgan fingerprint density at radius 3 is 2.35 bits per heavy atom. The van der Waals surface area contributed by atoms with Gasteiger partial charge in [-0.3, -0.25) is 19.8 Å². The number of nitrogens with one attached hydrogen (secondary N) is 2. The first-order valence-electron chi connectivity index (χ1n) is 11.3. The predicted octanol–water partition coefficient (Wildman–Crippen LogP) is 4.44. The van der Waals surface area contributed by atoms with Crippen molar-refractivity contribution in [2.45, 2.75) is 32.2 Å². The van der Waals surface area contributed by atoms with Crippen LogP contribution in [0.1, 0.15) is 37.3 Å². The first kappa shape index (κ1) is 23.0. The Balaban J connectivity index is 1.46. The van der Waals surface area contributed by atoms with Gasteiger partial charge in [0, 0.05) is 12.0 Å². The van der Waals surface area contributed by atoms with E-state index in [1.54, 1.807) is 19.1 Å². The van der Waals surface area contributed by atoms with Crippen LogP contribution >= 0.6 is 0 Å². The molecule has 0 fully saturated rings. The van der Waals surface area contributed by atoms with Gasteiger partial charge in [-0.2, -0.15) is 0 Å². The van der Waals surface area contributed by atoms with Gasteiger partial charge in [-0.1, -0.05) is 84.9 Å². The molecule has 1 unspecified atom stereocenters. The molecule has 1 heterocycles. The minimum atomic E-state index is -0.821. The highest BCUT2D eigenvalue weighted by Gasteiger charge is 2.33. The molecule has 172 valence electrons. The summed E-state index contributed by atoms with van der Waals surface area (Å²) < 4.78 is 0. The van der Waals surface area contributed by atoms with E-state index in [0.29, 0.717) is 5.69 Å². The summed E-state index contributed by atoms with van der Waals surface area (Å²) in [5.41, 5.74) is 7.05. The smallest absolute Gasteiger partial charge is 0.261 e. The summed E-state index contributed by atoms with van der Waals surface area (Å²) in [5, 5.41) is 4.00. The van der Waals surface area contributed by atoms with E-state index in [9.17, 15) is 14.4 Å². The van der Waals surface area contributed by atoms with Crippen LogP contribution in [0.2, 0.25) is 0 Å². The third-order valence-electron chi connectivity index (χ3n) is 5.86. The van der Waals surface area contributed by atoms with Gasteiger partial charge in [0.2, 0.25) is 5.91 Å². The lowest BCUT2D eigenvalue weighted by Gasteiger charge is -2.26. The zero-order chi connectivity index (χ0) is 24.1. The molecule has 3 aromatic rings. The topological polar surface area (TPSA) is 78.5 Å². The lowest BCUT2D eigenvalue weighted by Crippen LogP contribution is -2.54. The van der Waals surface area contributed by atoms with Crippen molar-refractivity contribution in [3.63, 3.8) is 0 Å². The molecule has 0 saturated carbocycles. The normalized spacial score (nSPS) is 15.8. The number of amides is 3. The number of carbonyl (C=O) groups excluding carboxylic acids is 3. The summed E-state index contributed by atoms with van der Waals surface area (Å²) in [6, 6.07) is 24.1. The van der Waals surface area contributed by atoms with E-state index >= 15 is 0 Å². The molecule has 34 heavy (non-hydrogen) atoms. The van der Waals surface area contributed by atoms with Crippen LogP contribution in [0.4, 0.5) is 5.69 Å². The van der Waals surface area contributed by atoms with Crippen LogP contribution in [-0.4, -0.2) is 23.8 Å². The number of nitrogens with zero attached hydrogens (tertiary/aromatic N) is 1. The van der Waals surface area contributed by atoms with Crippen LogP contribution in [0.5, 0.6) is 0 Å². The van der Waals surface area contributed by atoms with Gasteiger partial charge in [-0.25, -0.2) is 5.01 Å². The highest BCUT2D eigenvalue weighted by molar-refractivity contribution is 6.06. The molecule has 2 N–H and O–H groups in total. The minimum absolute atomic E-state index is 0.143. The molecule has 3 aromatic carbocycles. The lowest BCUT2D eigenvalue weighted by atomic mass is 9.92. The van der Waals surface area contributed by atoms with Crippen LogP contribution in [-0.2, 0) is 14.4 Å².